The van der Waals surface area contributed by atoms with Crippen molar-refractivity contribution in [3.8, 4) is 11.1 Å². The van der Waals surface area contributed by atoms with E-state index in [1.165, 1.54) is 40.7 Å². The van der Waals surface area contributed by atoms with E-state index in [9.17, 15) is 0 Å². The van der Waals surface area contributed by atoms with E-state index >= 15 is 0 Å². The molecule has 20 heavy (non-hydrogen) atoms. The summed E-state index contributed by atoms with van der Waals surface area (Å²) < 4.78 is 0. The van der Waals surface area contributed by atoms with Crippen LogP contribution in [-0.2, 0) is 6.54 Å². The smallest absolute Gasteiger partial charge is 0.0412 e. The van der Waals surface area contributed by atoms with E-state index in [-0.39, 0.29) is 0 Å². The highest BCUT2D eigenvalue weighted by Crippen LogP contribution is 2.31. The molecule has 0 atom stereocenters. The highest BCUT2D eigenvalue weighted by molar-refractivity contribution is 6.30. The van der Waals surface area contributed by atoms with Gasteiger partial charge in [-0.25, -0.2) is 0 Å². The minimum atomic E-state index is 0.720. The third-order valence-electron chi connectivity index (χ3n) is 3.90. The third-order valence-corrected chi connectivity index (χ3v) is 4.14. The minimum absolute atomic E-state index is 0.720. The maximum Gasteiger partial charge on any atom is 0.0412 e. The first-order valence-electron chi connectivity index (χ1n) is 7.23. The molecule has 1 N–H and O–H groups in total. The first-order valence-corrected chi connectivity index (χ1v) is 7.61. The molecule has 1 fully saturated rings. The van der Waals surface area contributed by atoms with Gasteiger partial charge in [0.05, 0.1) is 0 Å². The van der Waals surface area contributed by atoms with Crippen molar-refractivity contribution in [3.05, 3.63) is 58.1 Å². The van der Waals surface area contributed by atoms with Crippen LogP contribution in [0.5, 0.6) is 0 Å². The molecule has 0 amide bonds. The second-order valence-corrected chi connectivity index (χ2v) is 6.21. The molecule has 0 unspecified atom stereocenters. The van der Waals surface area contributed by atoms with Crippen molar-refractivity contribution in [2.75, 3.05) is 0 Å². The van der Waals surface area contributed by atoms with E-state index in [0.717, 1.165) is 17.6 Å². The zero-order valence-electron chi connectivity index (χ0n) is 12.0. The SMILES string of the molecule is Cc1ccc(-c2cc(Cl)ccc2CNC2CC2)c(C)c1. The fourth-order valence-electron chi connectivity index (χ4n) is 2.61. The second kappa shape index (κ2) is 5.59. The molecule has 1 aliphatic carbocycles. The lowest BCUT2D eigenvalue weighted by Gasteiger charge is -2.14. The molecule has 0 aromatic heterocycles. The zero-order valence-corrected chi connectivity index (χ0v) is 12.8. The maximum absolute atomic E-state index is 6.20. The Morgan fingerprint density at radius 2 is 1.85 bits per heavy atom. The van der Waals surface area contributed by atoms with Crippen LogP contribution in [0, 0.1) is 13.8 Å². The zero-order chi connectivity index (χ0) is 14.1. The van der Waals surface area contributed by atoms with Gasteiger partial charge in [-0.15, -0.1) is 0 Å². The van der Waals surface area contributed by atoms with Crippen LogP contribution in [-0.4, -0.2) is 6.04 Å². The maximum atomic E-state index is 6.20. The standard InChI is InChI=1S/C18H20ClN/c1-12-3-8-17(13(2)9-12)18-10-15(19)5-4-14(18)11-20-16-6-7-16/h3-5,8-10,16,20H,6-7,11H2,1-2H3. The molecule has 1 nitrogen and oxygen atoms in total. The summed E-state index contributed by atoms with van der Waals surface area (Å²) in [5.74, 6) is 0. The molecule has 0 bridgehead atoms. The van der Waals surface area contributed by atoms with Gasteiger partial charge in [0.15, 0.2) is 0 Å². The number of hydrogen-bond acceptors (Lipinski definition) is 1. The Morgan fingerprint density at radius 1 is 1.05 bits per heavy atom. The van der Waals surface area contributed by atoms with E-state index in [1.807, 2.05) is 6.07 Å². The van der Waals surface area contributed by atoms with Gasteiger partial charge in [-0.1, -0.05) is 41.4 Å². The highest BCUT2D eigenvalue weighted by Gasteiger charge is 2.20. The lowest BCUT2D eigenvalue weighted by molar-refractivity contribution is 0.689. The van der Waals surface area contributed by atoms with E-state index in [0.29, 0.717) is 0 Å². The lowest BCUT2D eigenvalue weighted by Crippen LogP contribution is -2.15. The average molecular weight is 286 g/mol. The Balaban J connectivity index is 1.98. The van der Waals surface area contributed by atoms with Crippen molar-refractivity contribution in [2.45, 2.75) is 39.3 Å². The molecule has 2 aromatic rings. The van der Waals surface area contributed by atoms with Crippen molar-refractivity contribution in [3.63, 3.8) is 0 Å². The number of nitrogens with one attached hydrogen (secondary N) is 1. The number of halogens is 1. The Hall–Kier alpha value is -1.31. The van der Waals surface area contributed by atoms with Crippen LogP contribution in [0.4, 0.5) is 0 Å². The largest absolute Gasteiger partial charge is 0.310 e. The van der Waals surface area contributed by atoms with Crippen molar-refractivity contribution in [2.24, 2.45) is 0 Å². The molecule has 0 spiro atoms. The van der Waals surface area contributed by atoms with Gasteiger partial charge < -0.3 is 5.32 Å². The van der Waals surface area contributed by atoms with Crippen molar-refractivity contribution < 1.29 is 0 Å². The van der Waals surface area contributed by atoms with Crippen molar-refractivity contribution in [1.82, 2.24) is 5.32 Å². The molecular formula is C18H20ClN. The lowest BCUT2D eigenvalue weighted by atomic mass is 9.95. The Labute approximate surface area is 126 Å². The van der Waals surface area contributed by atoms with Crippen molar-refractivity contribution in [1.29, 1.82) is 0 Å². The Morgan fingerprint density at radius 3 is 2.55 bits per heavy atom. The van der Waals surface area contributed by atoms with Crippen LogP contribution in [0.1, 0.15) is 29.5 Å². The van der Waals surface area contributed by atoms with Crippen LogP contribution in [0.25, 0.3) is 11.1 Å². The Kier molecular flexibility index (Phi) is 3.82. The topological polar surface area (TPSA) is 12.0 Å². The molecule has 104 valence electrons. The quantitative estimate of drug-likeness (QED) is 0.844. The predicted octanol–water partition coefficient (Wildman–Crippen LogP) is 4.88. The molecule has 3 rings (SSSR count). The third kappa shape index (κ3) is 3.05. The van der Waals surface area contributed by atoms with Gasteiger partial charge in [0, 0.05) is 17.6 Å². The summed E-state index contributed by atoms with van der Waals surface area (Å²) in [5.41, 5.74) is 6.47. The van der Waals surface area contributed by atoms with E-state index in [4.69, 9.17) is 11.6 Å². The average Bonchev–Trinajstić information content (AvgIpc) is 3.21. The summed E-state index contributed by atoms with van der Waals surface area (Å²) in [6, 6.07) is 13.5. The number of aryl methyl sites for hydroxylation is 2. The van der Waals surface area contributed by atoms with Gasteiger partial charge in [0.1, 0.15) is 0 Å². The molecule has 0 radical (unpaired) electrons. The first kappa shape index (κ1) is 13.7. The van der Waals surface area contributed by atoms with Gasteiger partial charge in [0.25, 0.3) is 0 Å². The molecule has 1 aliphatic rings. The van der Waals surface area contributed by atoms with Gasteiger partial charge in [-0.2, -0.15) is 0 Å². The summed E-state index contributed by atoms with van der Waals surface area (Å²) in [4.78, 5) is 0. The summed E-state index contributed by atoms with van der Waals surface area (Å²) in [5, 5.41) is 4.39. The minimum Gasteiger partial charge on any atom is -0.310 e. The highest BCUT2D eigenvalue weighted by atomic mass is 35.5. The first-order chi connectivity index (χ1) is 9.63. The van der Waals surface area contributed by atoms with Crippen LogP contribution in [0.15, 0.2) is 36.4 Å². The predicted molar refractivity (Wildman–Crippen MR) is 86.2 cm³/mol. The van der Waals surface area contributed by atoms with Gasteiger partial charge >= 0.3 is 0 Å². The number of benzene rings is 2. The summed E-state index contributed by atoms with van der Waals surface area (Å²) in [6.45, 7) is 5.22. The fraction of sp³-hybridized carbons (Fsp3) is 0.333. The molecule has 2 heteroatoms. The van der Waals surface area contributed by atoms with Crippen LogP contribution < -0.4 is 5.32 Å². The normalized spacial score (nSPS) is 14.6. The molecule has 2 aromatic carbocycles. The van der Waals surface area contributed by atoms with Gasteiger partial charge in [0.2, 0.25) is 0 Å². The second-order valence-electron chi connectivity index (χ2n) is 5.78. The van der Waals surface area contributed by atoms with Gasteiger partial charge in [-0.3, -0.25) is 0 Å². The number of hydrogen-bond donors (Lipinski definition) is 1. The fourth-order valence-corrected chi connectivity index (χ4v) is 2.78. The number of rotatable bonds is 4. The van der Waals surface area contributed by atoms with Gasteiger partial charge in [-0.05, 0) is 61.1 Å². The molecule has 1 saturated carbocycles. The molecule has 0 heterocycles. The summed E-state index contributed by atoms with van der Waals surface area (Å²) in [6.07, 6.45) is 2.62. The van der Waals surface area contributed by atoms with E-state index in [1.54, 1.807) is 0 Å². The molecular weight excluding hydrogens is 266 g/mol. The molecule has 0 saturated heterocycles. The summed E-state index contributed by atoms with van der Waals surface area (Å²) >= 11 is 6.20. The Bertz CT molecular complexity index is 629. The van der Waals surface area contributed by atoms with Crippen LogP contribution >= 0.6 is 11.6 Å². The van der Waals surface area contributed by atoms with Crippen LogP contribution in [0.3, 0.4) is 0 Å². The van der Waals surface area contributed by atoms with E-state index in [2.05, 4.69) is 49.5 Å². The monoisotopic (exact) mass is 285 g/mol. The van der Waals surface area contributed by atoms with Crippen molar-refractivity contribution >= 4 is 11.6 Å². The van der Waals surface area contributed by atoms with Crippen LogP contribution in [0.2, 0.25) is 5.02 Å². The van der Waals surface area contributed by atoms with E-state index < -0.39 is 0 Å². The molecule has 0 aliphatic heterocycles. The summed E-state index contributed by atoms with van der Waals surface area (Å²) in [7, 11) is 0.